The molecule has 0 bridgehead atoms. The predicted octanol–water partition coefficient (Wildman–Crippen LogP) is -0.550. The van der Waals surface area contributed by atoms with Crippen molar-refractivity contribution in [2.24, 2.45) is 0 Å². The van der Waals surface area contributed by atoms with Gasteiger partial charge in [-0.3, -0.25) is 9.59 Å². The highest BCUT2D eigenvalue weighted by Gasteiger charge is 2.13. The molecule has 0 aliphatic rings. The van der Waals surface area contributed by atoms with E-state index in [9.17, 15) is 14.7 Å². The number of likely N-dealkylation sites (N-methyl/N-ethyl adjacent to an activating group) is 1. The van der Waals surface area contributed by atoms with Crippen LogP contribution in [-0.4, -0.2) is 30.5 Å². The van der Waals surface area contributed by atoms with Crippen LogP contribution < -0.4 is 16.4 Å². The lowest BCUT2D eigenvalue weighted by atomic mass is 10.1. The molecule has 0 atom stereocenters. The van der Waals surface area contributed by atoms with Crippen LogP contribution in [0.4, 0.5) is 5.69 Å². The van der Waals surface area contributed by atoms with Crippen LogP contribution in [-0.2, 0) is 4.79 Å². The Balaban J connectivity index is 2.74. The van der Waals surface area contributed by atoms with Gasteiger partial charge in [0.1, 0.15) is 0 Å². The molecule has 0 radical (unpaired) electrons. The second-order valence-electron chi connectivity index (χ2n) is 3.10. The summed E-state index contributed by atoms with van der Waals surface area (Å²) < 4.78 is 0. The molecule has 0 heterocycles. The third-order valence-corrected chi connectivity index (χ3v) is 2.00. The lowest BCUT2D eigenvalue weighted by Gasteiger charge is -2.07. The molecule has 5 N–H and O–H groups in total. The van der Waals surface area contributed by atoms with Gasteiger partial charge in [0.25, 0.3) is 5.91 Å². The second-order valence-corrected chi connectivity index (χ2v) is 3.10. The summed E-state index contributed by atoms with van der Waals surface area (Å²) in [6, 6.07) is 4.44. The fourth-order valence-electron chi connectivity index (χ4n) is 1.09. The highest BCUT2D eigenvalue weighted by Crippen LogP contribution is 2.23. The van der Waals surface area contributed by atoms with Crippen molar-refractivity contribution in [3.63, 3.8) is 0 Å². The molecule has 2 amide bonds. The largest absolute Gasteiger partial charge is 0.505 e. The Labute approximate surface area is 92.4 Å². The Morgan fingerprint density at radius 2 is 2.12 bits per heavy atom. The van der Waals surface area contributed by atoms with Gasteiger partial charge in [0.2, 0.25) is 5.91 Å². The number of nitrogen functional groups attached to an aromatic ring is 1. The zero-order valence-corrected chi connectivity index (χ0v) is 8.78. The van der Waals surface area contributed by atoms with E-state index in [4.69, 9.17) is 5.73 Å². The average molecular weight is 223 g/mol. The first-order valence-corrected chi connectivity index (χ1v) is 4.62. The van der Waals surface area contributed by atoms with E-state index in [2.05, 4.69) is 10.6 Å². The number of benzene rings is 1. The van der Waals surface area contributed by atoms with Gasteiger partial charge in [-0.1, -0.05) is 6.07 Å². The first-order chi connectivity index (χ1) is 7.56. The minimum atomic E-state index is -0.548. The molecule has 0 saturated carbocycles. The van der Waals surface area contributed by atoms with E-state index in [-0.39, 0.29) is 29.5 Å². The molecule has 1 rings (SSSR count). The number of para-hydroxylation sites is 1. The molecule has 0 aromatic heterocycles. The first-order valence-electron chi connectivity index (χ1n) is 4.62. The maximum absolute atomic E-state index is 11.5. The molecule has 0 unspecified atom stereocenters. The Hall–Kier alpha value is -2.24. The third-order valence-electron chi connectivity index (χ3n) is 2.00. The molecule has 1 aromatic carbocycles. The summed E-state index contributed by atoms with van der Waals surface area (Å²) in [5.41, 5.74) is 5.59. The zero-order chi connectivity index (χ0) is 12.1. The molecule has 0 fully saturated rings. The number of carbonyl (C=O) groups excluding carboxylic acids is 2. The number of carbonyl (C=O) groups is 2. The maximum atomic E-state index is 11.5. The van der Waals surface area contributed by atoms with Crippen molar-refractivity contribution in [1.29, 1.82) is 0 Å². The fourth-order valence-corrected chi connectivity index (χ4v) is 1.09. The third kappa shape index (κ3) is 2.63. The molecule has 86 valence electrons. The summed E-state index contributed by atoms with van der Waals surface area (Å²) in [4.78, 5) is 22.4. The fraction of sp³-hybridized carbons (Fsp3) is 0.200. The van der Waals surface area contributed by atoms with Gasteiger partial charge in [-0.25, -0.2) is 0 Å². The van der Waals surface area contributed by atoms with E-state index in [1.54, 1.807) is 6.07 Å². The highest BCUT2D eigenvalue weighted by atomic mass is 16.3. The SMILES string of the molecule is CNC(=O)CNC(=O)c1cccc(N)c1O. The van der Waals surface area contributed by atoms with Crippen molar-refractivity contribution in [1.82, 2.24) is 10.6 Å². The number of nitrogens with two attached hydrogens (primary N) is 1. The molecule has 0 aliphatic heterocycles. The van der Waals surface area contributed by atoms with Crippen LogP contribution in [0.1, 0.15) is 10.4 Å². The molecular formula is C10H13N3O3. The molecule has 16 heavy (non-hydrogen) atoms. The molecule has 6 nitrogen and oxygen atoms in total. The minimum Gasteiger partial charge on any atom is -0.505 e. The summed E-state index contributed by atoms with van der Waals surface area (Å²) in [5, 5.41) is 14.2. The maximum Gasteiger partial charge on any atom is 0.255 e. The first kappa shape index (κ1) is 11.8. The number of aromatic hydroxyl groups is 1. The van der Waals surface area contributed by atoms with Gasteiger partial charge >= 0.3 is 0 Å². The quantitative estimate of drug-likeness (QED) is 0.407. The Kier molecular flexibility index (Phi) is 3.71. The van der Waals surface area contributed by atoms with Gasteiger partial charge in [0.15, 0.2) is 5.75 Å². The zero-order valence-electron chi connectivity index (χ0n) is 8.78. The number of hydrogen-bond donors (Lipinski definition) is 4. The smallest absolute Gasteiger partial charge is 0.255 e. The van der Waals surface area contributed by atoms with Crippen LogP contribution in [0.2, 0.25) is 0 Å². The number of phenolic OH excluding ortho intramolecular Hbond substituents is 1. The molecular weight excluding hydrogens is 210 g/mol. The van der Waals surface area contributed by atoms with Gasteiger partial charge < -0.3 is 21.5 Å². The van der Waals surface area contributed by atoms with Gasteiger partial charge in [0, 0.05) is 7.05 Å². The van der Waals surface area contributed by atoms with Crippen molar-refractivity contribution in [3.8, 4) is 5.75 Å². The van der Waals surface area contributed by atoms with Crippen LogP contribution in [0.25, 0.3) is 0 Å². The number of amides is 2. The summed E-state index contributed by atoms with van der Waals surface area (Å²) in [6.45, 7) is -0.149. The van der Waals surface area contributed by atoms with Gasteiger partial charge in [-0.05, 0) is 12.1 Å². The van der Waals surface area contributed by atoms with Crippen LogP contribution in [0, 0.1) is 0 Å². The molecule has 6 heteroatoms. The standard InChI is InChI=1S/C10H13N3O3/c1-12-8(14)5-13-10(16)6-3-2-4-7(11)9(6)15/h2-4,15H,5,11H2,1H3,(H,12,14)(H,13,16). The normalized spacial score (nSPS) is 9.56. The lowest BCUT2D eigenvalue weighted by Crippen LogP contribution is -2.35. The second kappa shape index (κ2) is 5.01. The number of rotatable bonds is 3. The van der Waals surface area contributed by atoms with Crippen LogP contribution in [0.5, 0.6) is 5.75 Å². The van der Waals surface area contributed by atoms with E-state index in [0.717, 1.165) is 0 Å². The van der Waals surface area contributed by atoms with Crippen molar-refractivity contribution in [2.45, 2.75) is 0 Å². The molecule has 0 spiro atoms. The Bertz CT molecular complexity index is 418. The van der Waals surface area contributed by atoms with E-state index in [0.29, 0.717) is 0 Å². The lowest BCUT2D eigenvalue weighted by molar-refractivity contribution is -0.119. The Morgan fingerprint density at radius 1 is 1.44 bits per heavy atom. The van der Waals surface area contributed by atoms with Crippen molar-refractivity contribution >= 4 is 17.5 Å². The average Bonchev–Trinajstić information content (AvgIpc) is 2.29. The van der Waals surface area contributed by atoms with Crippen molar-refractivity contribution in [2.75, 3.05) is 19.3 Å². The highest BCUT2D eigenvalue weighted by molar-refractivity contribution is 6.00. The number of phenols is 1. The number of anilines is 1. The van der Waals surface area contributed by atoms with E-state index in [1.807, 2.05) is 0 Å². The summed E-state index contributed by atoms with van der Waals surface area (Å²) in [5.74, 6) is -1.15. The monoisotopic (exact) mass is 223 g/mol. The van der Waals surface area contributed by atoms with E-state index < -0.39 is 5.91 Å². The minimum absolute atomic E-state index is 0.0453. The number of nitrogens with one attached hydrogen (secondary N) is 2. The predicted molar refractivity (Wildman–Crippen MR) is 58.9 cm³/mol. The van der Waals surface area contributed by atoms with Crippen molar-refractivity contribution in [3.05, 3.63) is 23.8 Å². The van der Waals surface area contributed by atoms with E-state index >= 15 is 0 Å². The number of hydrogen-bond acceptors (Lipinski definition) is 4. The Morgan fingerprint density at radius 3 is 2.75 bits per heavy atom. The van der Waals surface area contributed by atoms with Crippen LogP contribution >= 0.6 is 0 Å². The van der Waals surface area contributed by atoms with Gasteiger partial charge in [-0.2, -0.15) is 0 Å². The summed E-state index contributed by atoms with van der Waals surface area (Å²) >= 11 is 0. The molecule has 0 aliphatic carbocycles. The summed E-state index contributed by atoms with van der Waals surface area (Å²) in [6.07, 6.45) is 0. The van der Waals surface area contributed by atoms with Crippen LogP contribution in [0.15, 0.2) is 18.2 Å². The summed E-state index contributed by atoms with van der Waals surface area (Å²) in [7, 11) is 1.46. The van der Waals surface area contributed by atoms with E-state index in [1.165, 1.54) is 19.2 Å². The van der Waals surface area contributed by atoms with Gasteiger partial charge in [-0.15, -0.1) is 0 Å². The van der Waals surface area contributed by atoms with Crippen LogP contribution in [0.3, 0.4) is 0 Å². The topological polar surface area (TPSA) is 104 Å². The molecule has 0 saturated heterocycles. The molecule has 1 aromatic rings. The van der Waals surface area contributed by atoms with Gasteiger partial charge in [0.05, 0.1) is 17.8 Å². The van der Waals surface area contributed by atoms with Crippen molar-refractivity contribution < 1.29 is 14.7 Å².